The molecule has 8 heteroatoms. The smallest absolute Gasteiger partial charge is 0.329 e. The van der Waals surface area contributed by atoms with Crippen LogP contribution in [0.3, 0.4) is 0 Å². The summed E-state index contributed by atoms with van der Waals surface area (Å²) >= 11 is 0. The van der Waals surface area contributed by atoms with Gasteiger partial charge in [-0.3, -0.25) is 19.0 Å². The van der Waals surface area contributed by atoms with E-state index in [1.807, 2.05) is 6.07 Å². The summed E-state index contributed by atoms with van der Waals surface area (Å²) in [4.78, 5) is 52.8. The standard InChI is InChI=1S/C19H18N4O4/c1-22(11-16(24)20-13-7-3-2-4-8-13)17(25)12-23-18(26)14-9-5-6-10-15(14)21-19(23)27/h2-10H,11-12H2,1H3,(H,20,24)(H,21,27). The van der Waals surface area contributed by atoms with Gasteiger partial charge in [-0.05, 0) is 24.3 Å². The number of nitrogens with zero attached hydrogens (tertiary/aromatic N) is 2. The zero-order chi connectivity index (χ0) is 19.4. The number of hydrogen-bond acceptors (Lipinski definition) is 4. The van der Waals surface area contributed by atoms with E-state index >= 15 is 0 Å². The third-order valence-electron chi connectivity index (χ3n) is 4.05. The second-order valence-corrected chi connectivity index (χ2v) is 6.03. The van der Waals surface area contributed by atoms with Gasteiger partial charge in [-0.25, -0.2) is 4.79 Å². The average Bonchev–Trinajstić information content (AvgIpc) is 2.65. The van der Waals surface area contributed by atoms with Crippen molar-refractivity contribution < 1.29 is 9.59 Å². The minimum atomic E-state index is -0.672. The second kappa shape index (κ2) is 7.69. The molecule has 0 atom stereocenters. The van der Waals surface area contributed by atoms with Crippen LogP contribution in [-0.2, 0) is 16.1 Å². The van der Waals surface area contributed by atoms with Crippen molar-refractivity contribution in [3.63, 3.8) is 0 Å². The van der Waals surface area contributed by atoms with Crippen LogP contribution in [0, 0.1) is 0 Å². The van der Waals surface area contributed by atoms with Gasteiger partial charge in [0.2, 0.25) is 11.8 Å². The molecule has 1 heterocycles. The third-order valence-corrected chi connectivity index (χ3v) is 4.05. The first-order valence-electron chi connectivity index (χ1n) is 8.26. The number of likely N-dealkylation sites (N-methyl/N-ethyl adjacent to an activating group) is 1. The Kier molecular flexibility index (Phi) is 5.16. The zero-order valence-corrected chi connectivity index (χ0v) is 14.6. The summed E-state index contributed by atoms with van der Waals surface area (Å²) in [5.74, 6) is -0.905. The van der Waals surface area contributed by atoms with Crippen molar-refractivity contribution in [2.75, 3.05) is 18.9 Å². The lowest BCUT2D eigenvalue weighted by molar-refractivity contribution is -0.133. The molecule has 0 bridgehead atoms. The normalized spacial score (nSPS) is 10.6. The van der Waals surface area contributed by atoms with E-state index in [1.54, 1.807) is 48.5 Å². The van der Waals surface area contributed by atoms with Crippen LogP contribution in [0.4, 0.5) is 5.69 Å². The van der Waals surface area contributed by atoms with E-state index in [0.717, 1.165) is 4.57 Å². The second-order valence-electron chi connectivity index (χ2n) is 6.03. The Morgan fingerprint density at radius 3 is 2.44 bits per heavy atom. The van der Waals surface area contributed by atoms with Gasteiger partial charge in [0.25, 0.3) is 5.56 Å². The number of benzene rings is 2. The number of aromatic amines is 1. The summed E-state index contributed by atoms with van der Waals surface area (Å²) in [5.41, 5.74) is -0.198. The number of anilines is 1. The van der Waals surface area contributed by atoms with Crippen LogP contribution in [0.25, 0.3) is 10.9 Å². The average molecular weight is 366 g/mol. The molecule has 0 fully saturated rings. The number of fused-ring (bicyclic) bond motifs is 1. The van der Waals surface area contributed by atoms with Crippen LogP contribution in [0.15, 0.2) is 64.2 Å². The van der Waals surface area contributed by atoms with Gasteiger partial charge >= 0.3 is 5.69 Å². The van der Waals surface area contributed by atoms with E-state index in [2.05, 4.69) is 10.3 Å². The molecule has 2 N–H and O–H groups in total. The molecule has 8 nitrogen and oxygen atoms in total. The Morgan fingerprint density at radius 1 is 1.04 bits per heavy atom. The molecule has 2 aromatic carbocycles. The van der Waals surface area contributed by atoms with E-state index in [0.29, 0.717) is 16.6 Å². The maximum absolute atomic E-state index is 12.5. The molecule has 0 aliphatic heterocycles. The highest BCUT2D eigenvalue weighted by Gasteiger charge is 2.16. The van der Waals surface area contributed by atoms with E-state index < -0.39 is 23.7 Å². The lowest BCUT2D eigenvalue weighted by Gasteiger charge is -2.17. The summed E-state index contributed by atoms with van der Waals surface area (Å²) in [6, 6.07) is 15.4. The minimum absolute atomic E-state index is 0.200. The van der Waals surface area contributed by atoms with Crippen LogP contribution in [0.2, 0.25) is 0 Å². The number of rotatable bonds is 5. The Hall–Kier alpha value is -3.68. The van der Waals surface area contributed by atoms with Crippen molar-refractivity contribution in [3.8, 4) is 0 Å². The van der Waals surface area contributed by atoms with Crippen molar-refractivity contribution in [1.82, 2.24) is 14.5 Å². The molecule has 0 unspecified atom stereocenters. The molecule has 0 saturated heterocycles. The highest BCUT2D eigenvalue weighted by Crippen LogP contribution is 2.05. The quantitative estimate of drug-likeness (QED) is 0.696. The topological polar surface area (TPSA) is 104 Å². The van der Waals surface area contributed by atoms with Crippen molar-refractivity contribution in [2.45, 2.75) is 6.54 Å². The Bertz CT molecular complexity index is 1100. The van der Waals surface area contributed by atoms with E-state index in [1.165, 1.54) is 11.9 Å². The summed E-state index contributed by atoms with van der Waals surface area (Å²) in [6.07, 6.45) is 0. The molecular formula is C19H18N4O4. The van der Waals surface area contributed by atoms with Crippen LogP contribution in [0.1, 0.15) is 0 Å². The lowest BCUT2D eigenvalue weighted by atomic mass is 10.2. The molecule has 3 rings (SSSR count). The zero-order valence-electron chi connectivity index (χ0n) is 14.6. The molecule has 0 spiro atoms. The molecule has 138 valence electrons. The SMILES string of the molecule is CN(CC(=O)Nc1ccccc1)C(=O)Cn1c(=O)[nH]c2ccccc2c1=O. The fourth-order valence-corrected chi connectivity index (χ4v) is 2.62. The minimum Gasteiger partial charge on any atom is -0.335 e. The highest BCUT2D eigenvalue weighted by molar-refractivity contribution is 5.94. The van der Waals surface area contributed by atoms with Crippen molar-refractivity contribution in [3.05, 3.63) is 75.4 Å². The number of carbonyl (C=O) groups excluding carboxylic acids is 2. The fraction of sp³-hybridized carbons (Fsp3) is 0.158. The van der Waals surface area contributed by atoms with Crippen LogP contribution < -0.4 is 16.6 Å². The monoisotopic (exact) mass is 366 g/mol. The molecule has 0 aliphatic carbocycles. The Balaban J connectivity index is 1.71. The molecule has 0 aliphatic rings. The summed E-state index contributed by atoms with van der Waals surface area (Å²) in [5, 5.41) is 2.98. The largest absolute Gasteiger partial charge is 0.335 e. The first-order valence-corrected chi connectivity index (χ1v) is 8.26. The Labute approximate surface area is 154 Å². The van der Waals surface area contributed by atoms with Gasteiger partial charge < -0.3 is 15.2 Å². The van der Waals surface area contributed by atoms with Gasteiger partial charge in [0.15, 0.2) is 0 Å². The van der Waals surface area contributed by atoms with Gasteiger partial charge in [0.05, 0.1) is 17.4 Å². The first kappa shape index (κ1) is 18.1. The number of amides is 2. The van der Waals surface area contributed by atoms with E-state index in [9.17, 15) is 19.2 Å². The van der Waals surface area contributed by atoms with E-state index in [-0.39, 0.29) is 12.5 Å². The molecule has 2 amide bonds. The summed E-state index contributed by atoms with van der Waals surface area (Å²) in [6.45, 7) is -0.651. The highest BCUT2D eigenvalue weighted by atomic mass is 16.2. The maximum atomic E-state index is 12.5. The van der Waals surface area contributed by atoms with E-state index in [4.69, 9.17) is 0 Å². The first-order chi connectivity index (χ1) is 13.0. The number of nitrogens with one attached hydrogen (secondary N) is 2. The van der Waals surface area contributed by atoms with Crippen molar-refractivity contribution >= 4 is 28.4 Å². The Morgan fingerprint density at radius 2 is 1.70 bits per heavy atom. The molecular weight excluding hydrogens is 348 g/mol. The third kappa shape index (κ3) is 4.12. The van der Waals surface area contributed by atoms with Crippen LogP contribution in [-0.4, -0.2) is 39.9 Å². The van der Waals surface area contributed by atoms with Crippen molar-refractivity contribution in [1.29, 1.82) is 0 Å². The van der Waals surface area contributed by atoms with Gasteiger partial charge in [-0.15, -0.1) is 0 Å². The molecule has 1 aromatic heterocycles. The fourth-order valence-electron chi connectivity index (χ4n) is 2.62. The maximum Gasteiger partial charge on any atom is 0.329 e. The predicted molar refractivity (Wildman–Crippen MR) is 102 cm³/mol. The van der Waals surface area contributed by atoms with Gasteiger partial charge in [0.1, 0.15) is 6.54 Å². The van der Waals surface area contributed by atoms with Crippen LogP contribution in [0.5, 0.6) is 0 Å². The van der Waals surface area contributed by atoms with Gasteiger partial charge in [-0.1, -0.05) is 30.3 Å². The summed E-state index contributed by atoms with van der Waals surface area (Å²) in [7, 11) is 1.44. The predicted octanol–water partition coefficient (Wildman–Crippen LogP) is 0.787. The van der Waals surface area contributed by atoms with Gasteiger partial charge in [0, 0.05) is 12.7 Å². The summed E-state index contributed by atoms with van der Waals surface area (Å²) < 4.78 is 0.830. The number of hydrogen-bond donors (Lipinski definition) is 2. The van der Waals surface area contributed by atoms with Crippen molar-refractivity contribution in [2.24, 2.45) is 0 Å². The molecule has 0 saturated carbocycles. The molecule has 27 heavy (non-hydrogen) atoms. The molecule has 3 aromatic rings. The lowest BCUT2D eigenvalue weighted by Crippen LogP contribution is -2.43. The number of aromatic nitrogens is 2. The number of carbonyl (C=O) groups is 2. The number of H-pyrrole nitrogens is 1. The van der Waals surface area contributed by atoms with Crippen LogP contribution >= 0.6 is 0 Å². The number of para-hydroxylation sites is 2. The van der Waals surface area contributed by atoms with Gasteiger partial charge in [-0.2, -0.15) is 0 Å². The molecule has 0 radical (unpaired) electrons.